The van der Waals surface area contributed by atoms with E-state index in [1.54, 1.807) is 0 Å². The maximum absolute atomic E-state index is 12.0. The van der Waals surface area contributed by atoms with Gasteiger partial charge in [-0.15, -0.1) is 12.4 Å². The molecule has 140 valence electrons. The first-order valence-electron chi connectivity index (χ1n) is 8.82. The zero-order chi connectivity index (χ0) is 17.6. The fourth-order valence-electron chi connectivity index (χ4n) is 3.17. The number of carbonyl (C=O) groups excluding carboxylic acids is 1. The topological polar surface area (TPSA) is 61.5 Å². The highest BCUT2D eigenvalue weighted by Gasteiger charge is 2.27. The maximum atomic E-state index is 12.0. The molecule has 2 aromatic carbocycles. The first-order chi connectivity index (χ1) is 12.1. The van der Waals surface area contributed by atoms with Crippen molar-refractivity contribution in [1.82, 2.24) is 0 Å². The number of nitrogens with two attached hydrogens (primary N) is 1. The molecule has 0 unspecified atom stereocenters. The lowest BCUT2D eigenvalue weighted by Gasteiger charge is -2.24. The molecular formula is C21H26ClNO3. The van der Waals surface area contributed by atoms with E-state index in [-0.39, 0.29) is 30.4 Å². The number of hydrogen-bond acceptors (Lipinski definition) is 4. The van der Waals surface area contributed by atoms with Crippen LogP contribution in [0.1, 0.15) is 18.9 Å². The van der Waals surface area contributed by atoms with Gasteiger partial charge in [-0.3, -0.25) is 4.79 Å². The third-order valence-corrected chi connectivity index (χ3v) is 4.76. The highest BCUT2D eigenvalue weighted by molar-refractivity contribution is 5.85. The van der Waals surface area contributed by atoms with Gasteiger partial charge in [0, 0.05) is 12.5 Å². The molecule has 0 amide bonds. The summed E-state index contributed by atoms with van der Waals surface area (Å²) in [7, 11) is 0. The number of ether oxygens (including phenoxy) is 2. The van der Waals surface area contributed by atoms with E-state index in [4.69, 9.17) is 15.2 Å². The first kappa shape index (κ1) is 20.4. The molecule has 1 aliphatic rings. The molecule has 0 aromatic heterocycles. The quantitative estimate of drug-likeness (QED) is 0.832. The van der Waals surface area contributed by atoms with Crippen LogP contribution in [0.2, 0.25) is 0 Å². The fourth-order valence-corrected chi connectivity index (χ4v) is 3.17. The summed E-state index contributed by atoms with van der Waals surface area (Å²) in [5.41, 5.74) is 9.45. The standard InChI is InChI=1S/C21H25NO3.ClH/c1-15-18(14-24-12-11-20(22)21(23)25-15)13-17-9-5-6-10-19(17)16-7-3-2-4-8-16;/h2-10,15,18,20H,11-14,22H2,1H3;1H/t15-,18+,20-;/m0./s1. The predicted octanol–water partition coefficient (Wildman–Crippen LogP) is 3.61. The second kappa shape index (κ2) is 9.72. The molecule has 0 spiro atoms. The van der Waals surface area contributed by atoms with E-state index in [9.17, 15) is 4.79 Å². The van der Waals surface area contributed by atoms with Crippen LogP contribution >= 0.6 is 12.4 Å². The molecule has 26 heavy (non-hydrogen) atoms. The molecule has 1 heterocycles. The molecule has 0 bridgehead atoms. The van der Waals surface area contributed by atoms with Gasteiger partial charge in [-0.2, -0.15) is 0 Å². The second-order valence-corrected chi connectivity index (χ2v) is 6.60. The fraction of sp³-hybridized carbons (Fsp3) is 0.381. The summed E-state index contributed by atoms with van der Waals surface area (Å²) in [6.07, 6.45) is 1.05. The van der Waals surface area contributed by atoms with Gasteiger partial charge in [0.05, 0.1) is 6.61 Å². The van der Waals surface area contributed by atoms with Crippen molar-refractivity contribution in [1.29, 1.82) is 0 Å². The normalized spacial score (nSPS) is 23.8. The molecular weight excluding hydrogens is 350 g/mol. The Hall–Kier alpha value is -1.88. The van der Waals surface area contributed by atoms with Crippen molar-refractivity contribution in [3.05, 3.63) is 60.2 Å². The van der Waals surface area contributed by atoms with Crippen molar-refractivity contribution in [2.75, 3.05) is 13.2 Å². The molecule has 1 fully saturated rings. The average molecular weight is 376 g/mol. The van der Waals surface area contributed by atoms with Crippen LogP contribution in [-0.2, 0) is 20.7 Å². The van der Waals surface area contributed by atoms with Gasteiger partial charge < -0.3 is 15.2 Å². The van der Waals surface area contributed by atoms with Crippen LogP contribution in [0.15, 0.2) is 54.6 Å². The Labute approximate surface area is 161 Å². The first-order valence-corrected chi connectivity index (χ1v) is 8.82. The Morgan fingerprint density at radius 1 is 1.08 bits per heavy atom. The zero-order valence-corrected chi connectivity index (χ0v) is 15.8. The summed E-state index contributed by atoms with van der Waals surface area (Å²) in [6.45, 7) is 2.97. The van der Waals surface area contributed by atoms with Gasteiger partial charge in [0.1, 0.15) is 12.1 Å². The molecule has 3 rings (SSSR count). The van der Waals surface area contributed by atoms with Crippen LogP contribution in [0.4, 0.5) is 0 Å². The second-order valence-electron chi connectivity index (χ2n) is 6.60. The minimum Gasteiger partial charge on any atom is -0.461 e. The van der Waals surface area contributed by atoms with Crippen LogP contribution in [0, 0.1) is 5.92 Å². The van der Waals surface area contributed by atoms with Gasteiger partial charge in [0.2, 0.25) is 0 Å². The summed E-state index contributed by atoms with van der Waals surface area (Å²) in [5, 5.41) is 0. The van der Waals surface area contributed by atoms with Crippen molar-refractivity contribution in [3.8, 4) is 11.1 Å². The third kappa shape index (κ3) is 5.07. The van der Waals surface area contributed by atoms with Crippen LogP contribution in [-0.4, -0.2) is 31.3 Å². The SMILES string of the molecule is C[C@@H]1OC(=O)[C@@H](N)CCOC[C@H]1Cc1ccccc1-c1ccccc1.Cl. The van der Waals surface area contributed by atoms with Crippen molar-refractivity contribution in [3.63, 3.8) is 0 Å². The van der Waals surface area contributed by atoms with Gasteiger partial charge in [0.25, 0.3) is 0 Å². The highest BCUT2D eigenvalue weighted by Crippen LogP contribution is 2.27. The van der Waals surface area contributed by atoms with E-state index in [0.29, 0.717) is 19.6 Å². The molecule has 3 atom stereocenters. The number of rotatable bonds is 3. The van der Waals surface area contributed by atoms with Crippen LogP contribution in [0.25, 0.3) is 11.1 Å². The summed E-state index contributed by atoms with van der Waals surface area (Å²) >= 11 is 0. The molecule has 1 aliphatic heterocycles. The van der Waals surface area contributed by atoms with E-state index < -0.39 is 6.04 Å². The molecule has 0 aliphatic carbocycles. The molecule has 0 saturated carbocycles. The van der Waals surface area contributed by atoms with Crippen LogP contribution in [0.5, 0.6) is 0 Å². The number of hydrogen-bond donors (Lipinski definition) is 1. The van der Waals surface area contributed by atoms with E-state index in [1.807, 2.05) is 37.3 Å². The Balaban J connectivity index is 0.00000243. The molecule has 0 radical (unpaired) electrons. The maximum Gasteiger partial charge on any atom is 0.323 e. The number of halogens is 1. The van der Waals surface area contributed by atoms with Gasteiger partial charge in [-0.25, -0.2) is 0 Å². The minimum atomic E-state index is -0.599. The summed E-state index contributed by atoms with van der Waals surface area (Å²) in [5.74, 6) is -0.238. The van der Waals surface area contributed by atoms with E-state index in [0.717, 1.165) is 6.42 Å². The lowest BCUT2D eigenvalue weighted by Crippen LogP contribution is -2.36. The number of cyclic esters (lactones) is 1. The summed E-state index contributed by atoms with van der Waals surface area (Å²) in [6, 6.07) is 18.1. The Morgan fingerprint density at radius 2 is 1.77 bits per heavy atom. The van der Waals surface area contributed by atoms with Crippen molar-refractivity contribution in [2.45, 2.75) is 31.9 Å². The van der Waals surface area contributed by atoms with E-state index >= 15 is 0 Å². The van der Waals surface area contributed by atoms with Crippen LogP contribution in [0.3, 0.4) is 0 Å². The Morgan fingerprint density at radius 3 is 2.54 bits per heavy atom. The number of esters is 1. The summed E-state index contributed by atoms with van der Waals surface area (Å²) in [4.78, 5) is 12.0. The lowest BCUT2D eigenvalue weighted by atomic mass is 9.90. The number of benzene rings is 2. The minimum absolute atomic E-state index is 0. The van der Waals surface area contributed by atoms with E-state index in [2.05, 4.69) is 24.3 Å². The van der Waals surface area contributed by atoms with Gasteiger partial charge in [-0.05, 0) is 36.5 Å². The zero-order valence-electron chi connectivity index (χ0n) is 15.0. The van der Waals surface area contributed by atoms with Crippen LogP contribution < -0.4 is 5.73 Å². The van der Waals surface area contributed by atoms with Crippen molar-refractivity contribution < 1.29 is 14.3 Å². The Bertz CT molecular complexity index is 707. The number of carbonyl (C=O) groups is 1. The summed E-state index contributed by atoms with van der Waals surface area (Å²) < 4.78 is 11.3. The molecule has 2 N–H and O–H groups in total. The van der Waals surface area contributed by atoms with E-state index in [1.165, 1.54) is 16.7 Å². The van der Waals surface area contributed by atoms with Crippen molar-refractivity contribution in [2.24, 2.45) is 11.7 Å². The monoisotopic (exact) mass is 375 g/mol. The molecule has 5 heteroatoms. The Kier molecular flexibility index (Phi) is 7.64. The highest BCUT2D eigenvalue weighted by atomic mass is 35.5. The van der Waals surface area contributed by atoms with Gasteiger partial charge in [0.15, 0.2) is 0 Å². The average Bonchev–Trinajstić information content (AvgIpc) is 2.69. The lowest BCUT2D eigenvalue weighted by molar-refractivity contribution is -0.152. The van der Waals surface area contributed by atoms with Gasteiger partial charge >= 0.3 is 5.97 Å². The predicted molar refractivity (Wildman–Crippen MR) is 105 cm³/mol. The smallest absolute Gasteiger partial charge is 0.323 e. The van der Waals surface area contributed by atoms with Crippen molar-refractivity contribution >= 4 is 18.4 Å². The molecule has 2 aromatic rings. The molecule has 1 saturated heterocycles. The van der Waals surface area contributed by atoms with Gasteiger partial charge in [-0.1, -0.05) is 54.6 Å². The molecule has 4 nitrogen and oxygen atoms in total. The largest absolute Gasteiger partial charge is 0.461 e. The third-order valence-electron chi connectivity index (χ3n) is 4.76.